The molecule has 23 heavy (non-hydrogen) atoms. The molecule has 7 heteroatoms. The smallest absolute Gasteiger partial charge is 0.315 e. The van der Waals surface area contributed by atoms with Gasteiger partial charge in [-0.1, -0.05) is 31.0 Å². The molecule has 1 aromatic carbocycles. The molecule has 3 N–H and O–H groups in total. The number of hydrogen-bond acceptors (Lipinski definition) is 3. The SMILES string of the molecule is CCCCOc1ccc(CNC(=O)NCCCC(=O)O)cc1Cl. The Labute approximate surface area is 141 Å². The molecule has 128 valence electrons. The first-order valence-electron chi connectivity index (χ1n) is 7.67. The molecule has 0 aromatic heterocycles. The Bertz CT molecular complexity index is 523. The van der Waals surface area contributed by atoms with E-state index in [1.165, 1.54) is 0 Å². The van der Waals surface area contributed by atoms with E-state index in [9.17, 15) is 9.59 Å². The third-order valence-electron chi connectivity index (χ3n) is 3.06. The van der Waals surface area contributed by atoms with Crippen LogP contribution in [0.5, 0.6) is 5.75 Å². The van der Waals surface area contributed by atoms with Crippen LogP contribution in [0.4, 0.5) is 4.79 Å². The van der Waals surface area contributed by atoms with Gasteiger partial charge in [0.1, 0.15) is 5.75 Å². The van der Waals surface area contributed by atoms with Crippen LogP contribution in [0.15, 0.2) is 18.2 Å². The van der Waals surface area contributed by atoms with E-state index < -0.39 is 5.97 Å². The Balaban J connectivity index is 2.32. The molecule has 0 aliphatic heterocycles. The summed E-state index contributed by atoms with van der Waals surface area (Å²) < 4.78 is 5.56. The predicted octanol–water partition coefficient (Wildman–Crippen LogP) is 3.18. The zero-order valence-electron chi connectivity index (χ0n) is 13.2. The van der Waals surface area contributed by atoms with E-state index in [0.29, 0.717) is 36.9 Å². The number of carboxylic acid groups (broad SMARTS) is 1. The summed E-state index contributed by atoms with van der Waals surface area (Å²) >= 11 is 6.15. The van der Waals surface area contributed by atoms with E-state index in [1.54, 1.807) is 12.1 Å². The van der Waals surface area contributed by atoms with Crippen LogP contribution in [-0.4, -0.2) is 30.3 Å². The average molecular weight is 343 g/mol. The van der Waals surface area contributed by atoms with E-state index in [-0.39, 0.29) is 12.5 Å². The first-order valence-corrected chi connectivity index (χ1v) is 8.05. The van der Waals surface area contributed by atoms with Crippen LogP contribution in [0.1, 0.15) is 38.2 Å². The number of aliphatic carboxylic acids is 1. The Hall–Kier alpha value is -1.95. The number of benzene rings is 1. The third kappa shape index (κ3) is 8.30. The minimum absolute atomic E-state index is 0.0371. The van der Waals surface area contributed by atoms with E-state index >= 15 is 0 Å². The zero-order valence-corrected chi connectivity index (χ0v) is 14.0. The molecule has 6 nitrogen and oxygen atoms in total. The molecule has 0 bridgehead atoms. The fourth-order valence-corrected chi connectivity index (χ4v) is 2.04. The highest BCUT2D eigenvalue weighted by atomic mass is 35.5. The topological polar surface area (TPSA) is 87.7 Å². The number of amides is 2. The Kier molecular flexibility index (Phi) is 8.90. The van der Waals surface area contributed by atoms with Gasteiger partial charge in [0, 0.05) is 19.5 Å². The number of ether oxygens (including phenoxy) is 1. The second-order valence-corrected chi connectivity index (χ2v) is 5.48. The maximum absolute atomic E-state index is 11.6. The number of nitrogens with one attached hydrogen (secondary N) is 2. The van der Waals surface area contributed by atoms with Crippen LogP contribution in [0.25, 0.3) is 0 Å². The molecule has 1 aromatic rings. The number of rotatable bonds is 10. The Morgan fingerprint density at radius 3 is 2.70 bits per heavy atom. The number of carboxylic acids is 1. The predicted molar refractivity (Wildman–Crippen MR) is 89.0 cm³/mol. The second kappa shape index (κ2) is 10.7. The van der Waals surface area contributed by atoms with Crippen LogP contribution < -0.4 is 15.4 Å². The van der Waals surface area contributed by atoms with Crippen molar-refractivity contribution in [3.63, 3.8) is 0 Å². The minimum atomic E-state index is -0.872. The van der Waals surface area contributed by atoms with Gasteiger partial charge in [-0.2, -0.15) is 0 Å². The fraction of sp³-hybridized carbons (Fsp3) is 0.500. The molecule has 0 saturated heterocycles. The standard InChI is InChI=1S/C16H23ClN2O4/c1-2-3-9-23-14-7-6-12(10-13(14)17)11-19-16(22)18-8-4-5-15(20)21/h6-7,10H,2-5,8-9,11H2,1H3,(H,20,21)(H2,18,19,22). The maximum Gasteiger partial charge on any atom is 0.315 e. The summed E-state index contributed by atoms with van der Waals surface area (Å²) in [5.74, 6) is -0.231. The van der Waals surface area contributed by atoms with Crippen molar-refractivity contribution < 1.29 is 19.4 Å². The molecule has 0 unspecified atom stereocenters. The zero-order chi connectivity index (χ0) is 17.1. The fourth-order valence-electron chi connectivity index (χ4n) is 1.78. The Morgan fingerprint density at radius 1 is 1.26 bits per heavy atom. The highest BCUT2D eigenvalue weighted by Gasteiger charge is 2.05. The van der Waals surface area contributed by atoms with Gasteiger partial charge in [-0.3, -0.25) is 4.79 Å². The number of halogens is 1. The van der Waals surface area contributed by atoms with Crippen LogP contribution in [0, 0.1) is 0 Å². The molecule has 0 spiro atoms. The molecular weight excluding hydrogens is 320 g/mol. The van der Waals surface area contributed by atoms with Gasteiger partial charge in [0.15, 0.2) is 0 Å². The monoisotopic (exact) mass is 342 g/mol. The number of hydrogen-bond donors (Lipinski definition) is 3. The van der Waals surface area contributed by atoms with Gasteiger partial charge in [-0.05, 0) is 30.5 Å². The van der Waals surface area contributed by atoms with Gasteiger partial charge in [-0.25, -0.2) is 4.79 Å². The minimum Gasteiger partial charge on any atom is -0.492 e. The van der Waals surface area contributed by atoms with Crippen molar-refractivity contribution in [3.05, 3.63) is 28.8 Å². The van der Waals surface area contributed by atoms with Crippen molar-refractivity contribution in [1.82, 2.24) is 10.6 Å². The van der Waals surface area contributed by atoms with Crippen LogP contribution in [0.3, 0.4) is 0 Å². The lowest BCUT2D eigenvalue weighted by Crippen LogP contribution is -2.35. The second-order valence-electron chi connectivity index (χ2n) is 5.07. The normalized spacial score (nSPS) is 10.2. The summed E-state index contributed by atoms with van der Waals surface area (Å²) in [7, 11) is 0. The summed E-state index contributed by atoms with van der Waals surface area (Å²) in [5.41, 5.74) is 0.860. The largest absolute Gasteiger partial charge is 0.492 e. The highest BCUT2D eigenvalue weighted by molar-refractivity contribution is 6.32. The van der Waals surface area contributed by atoms with Crippen molar-refractivity contribution in [2.75, 3.05) is 13.2 Å². The number of urea groups is 1. The van der Waals surface area contributed by atoms with Crippen molar-refractivity contribution >= 4 is 23.6 Å². The molecule has 0 heterocycles. The van der Waals surface area contributed by atoms with Gasteiger partial charge in [-0.15, -0.1) is 0 Å². The molecule has 0 atom stereocenters. The molecule has 0 aliphatic rings. The molecule has 2 amide bonds. The van der Waals surface area contributed by atoms with Crippen LogP contribution in [-0.2, 0) is 11.3 Å². The van der Waals surface area contributed by atoms with Gasteiger partial charge in [0.25, 0.3) is 0 Å². The van der Waals surface area contributed by atoms with Crippen molar-refractivity contribution in [3.8, 4) is 5.75 Å². The summed E-state index contributed by atoms with van der Waals surface area (Å²) in [6.45, 7) is 3.38. The number of carbonyl (C=O) groups excluding carboxylic acids is 1. The lowest BCUT2D eigenvalue weighted by atomic mass is 10.2. The molecule has 0 saturated carbocycles. The van der Waals surface area contributed by atoms with E-state index in [1.807, 2.05) is 6.07 Å². The lowest BCUT2D eigenvalue weighted by molar-refractivity contribution is -0.137. The van der Waals surface area contributed by atoms with E-state index in [2.05, 4.69) is 17.6 Å². The van der Waals surface area contributed by atoms with Crippen molar-refractivity contribution in [2.45, 2.75) is 39.2 Å². The molecule has 0 aliphatic carbocycles. The number of unbranched alkanes of at least 4 members (excludes halogenated alkanes) is 1. The van der Waals surface area contributed by atoms with Gasteiger partial charge in [0.2, 0.25) is 0 Å². The third-order valence-corrected chi connectivity index (χ3v) is 3.35. The van der Waals surface area contributed by atoms with Gasteiger partial charge in [0.05, 0.1) is 11.6 Å². The van der Waals surface area contributed by atoms with Crippen molar-refractivity contribution in [1.29, 1.82) is 0 Å². The summed E-state index contributed by atoms with van der Waals surface area (Å²) in [5, 5.41) is 14.3. The molecule has 0 radical (unpaired) electrons. The molecule has 1 rings (SSSR count). The van der Waals surface area contributed by atoms with E-state index in [4.69, 9.17) is 21.4 Å². The Morgan fingerprint density at radius 2 is 2.04 bits per heavy atom. The quantitative estimate of drug-likeness (QED) is 0.570. The average Bonchev–Trinajstić information content (AvgIpc) is 2.51. The maximum atomic E-state index is 11.6. The number of carbonyl (C=O) groups is 2. The summed E-state index contributed by atoms with van der Waals surface area (Å²) in [6.07, 6.45) is 2.47. The van der Waals surface area contributed by atoms with Crippen LogP contribution in [0.2, 0.25) is 5.02 Å². The molecular formula is C16H23ClN2O4. The first-order chi connectivity index (χ1) is 11.0. The molecule has 0 fully saturated rings. The van der Waals surface area contributed by atoms with E-state index in [0.717, 1.165) is 18.4 Å². The highest BCUT2D eigenvalue weighted by Crippen LogP contribution is 2.25. The lowest BCUT2D eigenvalue weighted by Gasteiger charge is -2.10. The van der Waals surface area contributed by atoms with Crippen molar-refractivity contribution in [2.24, 2.45) is 0 Å². The summed E-state index contributed by atoms with van der Waals surface area (Å²) in [4.78, 5) is 21.9. The summed E-state index contributed by atoms with van der Waals surface area (Å²) in [6, 6.07) is 5.06. The van der Waals surface area contributed by atoms with Crippen LogP contribution >= 0.6 is 11.6 Å². The first kappa shape index (κ1) is 19.1. The van der Waals surface area contributed by atoms with Gasteiger partial charge < -0.3 is 20.5 Å². The van der Waals surface area contributed by atoms with Gasteiger partial charge >= 0.3 is 12.0 Å².